The Hall–Kier alpha value is -2.27. The molecule has 2 aromatic carbocycles. The molecule has 2 rings (SSSR count). The van der Waals surface area contributed by atoms with E-state index >= 15 is 0 Å². The number of rotatable bonds is 4. The average Bonchev–Trinajstić information content (AvgIpc) is 2.40. The first kappa shape index (κ1) is 15.1. The Morgan fingerprint density at radius 3 is 2.48 bits per heavy atom. The Labute approximate surface area is 127 Å². The Balaban J connectivity index is 2.36. The number of anilines is 2. The second-order valence-electron chi connectivity index (χ2n) is 4.75. The van der Waals surface area contributed by atoms with Crippen molar-refractivity contribution in [1.29, 1.82) is 0 Å². The molecule has 110 valence electrons. The van der Waals surface area contributed by atoms with Crippen LogP contribution in [0.4, 0.5) is 15.8 Å². The molecule has 4 N–H and O–H groups in total. The second kappa shape index (κ2) is 6.01. The fraction of sp³-hybridized carbons (Fsp3) is 0.133. The monoisotopic (exact) mass is 307 g/mol. The minimum absolute atomic E-state index is 0.254. The van der Waals surface area contributed by atoms with E-state index in [1.165, 1.54) is 18.2 Å². The highest BCUT2D eigenvalue weighted by atomic mass is 35.5. The Kier molecular flexibility index (Phi) is 4.33. The molecule has 0 fully saturated rings. The van der Waals surface area contributed by atoms with Crippen molar-refractivity contribution in [2.24, 2.45) is 5.73 Å². The number of hydrogen-bond donors (Lipinski definition) is 2. The number of carbonyl (C=O) groups is 1. The molecule has 1 amide bonds. The van der Waals surface area contributed by atoms with E-state index in [0.717, 1.165) is 5.56 Å². The zero-order chi connectivity index (χ0) is 15.6. The molecule has 6 heteroatoms. The summed E-state index contributed by atoms with van der Waals surface area (Å²) in [6, 6.07) is 9.14. The van der Waals surface area contributed by atoms with Gasteiger partial charge in [0.15, 0.2) is 0 Å². The Morgan fingerprint density at radius 1 is 1.29 bits per heavy atom. The molecule has 21 heavy (non-hydrogen) atoms. The summed E-state index contributed by atoms with van der Waals surface area (Å²) in [7, 11) is 1.77. The quantitative estimate of drug-likeness (QED) is 0.853. The van der Waals surface area contributed by atoms with Gasteiger partial charge in [-0.05, 0) is 29.8 Å². The smallest absolute Gasteiger partial charge is 0.250 e. The van der Waals surface area contributed by atoms with Gasteiger partial charge in [0.05, 0.1) is 16.3 Å². The molecule has 0 aliphatic heterocycles. The summed E-state index contributed by atoms with van der Waals surface area (Å²) in [5.74, 6) is -0.907. The molecular formula is C15H15ClFN3O. The fourth-order valence-corrected chi connectivity index (χ4v) is 2.51. The molecule has 0 unspecified atom stereocenters. The van der Waals surface area contributed by atoms with Crippen LogP contribution < -0.4 is 16.4 Å². The van der Waals surface area contributed by atoms with E-state index in [0.29, 0.717) is 22.9 Å². The van der Waals surface area contributed by atoms with Crippen LogP contribution in [0.3, 0.4) is 0 Å². The summed E-state index contributed by atoms with van der Waals surface area (Å²) in [5, 5.41) is 0.341. The van der Waals surface area contributed by atoms with Crippen molar-refractivity contribution >= 4 is 28.9 Å². The normalized spacial score (nSPS) is 10.4. The van der Waals surface area contributed by atoms with E-state index in [4.69, 9.17) is 23.1 Å². The molecule has 0 aromatic heterocycles. The van der Waals surface area contributed by atoms with Gasteiger partial charge in [0, 0.05) is 19.3 Å². The number of halogens is 2. The summed E-state index contributed by atoms with van der Waals surface area (Å²) in [6.45, 7) is 0.449. The molecule has 4 nitrogen and oxygen atoms in total. The molecule has 0 spiro atoms. The van der Waals surface area contributed by atoms with Crippen LogP contribution in [0.25, 0.3) is 0 Å². The lowest BCUT2D eigenvalue weighted by atomic mass is 10.1. The van der Waals surface area contributed by atoms with Gasteiger partial charge >= 0.3 is 0 Å². The van der Waals surface area contributed by atoms with Gasteiger partial charge in [0.1, 0.15) is 5.82 Å². The van der Waals surface area contributed by atoms with Gasteiger partial charge in [-0.2, -0.15) is 0 Å². The first-order chi connectivity index (χ1) is 9.88. The summed E-state index contributed by atoms with van der Waals surface area (Å²) in [6.07, 6.45) is 0. The first-order valence-electron chi connectivity index (χ1n) is 6.23. The zero-order valence-electron chi connectivity index (χ0n) is 11.4. The van der Waals surface area contributed by atoms with Crippen LogP contribution >= 0.6 is 11.6 Å². The molecule has 0 saturated heterocycles. The van der Waals surface area contributed by atoms with Crippen molar-refractivity contribution in [3.8, 4) is 0 Å². The van der Waals surface area contributed by atoms with Gasteiger partial charge in [-0.25, -0.2) is 4.39 Å². The number of nitrogens with two attached hydrogens (primary N) is 2. The van der Waals surface area contributed by atoms with E-state index in [2.05, 4.69) is 0 Å². The summed E-state index contributed by atoms with van der Waals surface area (Å²) >= 11 is 6.18. The van der Waals surface area contributed by atoms with Crippen LogP contribution in [0.15, 0.2) is 36.4 Å². The molecule has 0 bridgehead atoms. The third-order valence-electron chi connectivity index (χ3n) is 3.07. The van der Waals surface area contributed by atoms with Crippen molar-refractivity contribution < 1.29 is 9.18 Å². The number of amides is 1. The van der Waals surface area contributed by atoms with Crippen molar-refractivity contribution in [1.82, 2.24) is 0 Å². The minimum atomic E-state index is -0.606. The van der Waals surface area contributed by atoms with Gasteiger partial charge in [0.25, 0.3) is 5.91 Å². The highest BCUT2D eigenvalue weighted by Gasteiger charge is 2.17. The number of nitrogens with zero attached hydrogens (tertiary/aromatic N) is 1. The highest BCUT2D eigenvalue weighted by Crippen LogP contribution is 2.32. The molecule has 0 heterocycles. The van der Waals surface area contributed by atoms with Gasteiger partial charge < -0.3 is 16.4 Å². The van der Waals surface area contributed by atoms with Crippen LogP contribution in [-0.2, 0) is 6.54 Å². The number of benzene rings is 2. The lowest BCUT2D eigenvalue weighted by Crippen LogP contribution is -2.22. The van der Waals surface area contributed by atoms with E-state index in [-0.39, 0.29) is 11.4 Å². The van der Waals surface area contributed by atoms with E-state index in [9.17, 15) is 9.18 Å². The Morgan fingerprint density at radius 2 is 1.90 bits per heavy atom. The lowest BCUT2D eigenvalue weighted by molar-refractivity contribution is 0.100. The van der Waals surface area contributed by atoms with E-state index in [1.54, 1.807) is 30.1 Å². The van der Waals surface area contributed by atoms with Gasteiger partial charge in [-0.15, -0.1) is 0 Å². The average molecular weight is 308 g/mol. The Bertz CT molecular complexity index is 673. The van der Waals surface area contributed by atoms with Crippen molar-refractivity contribution in [2.75, 3.05) is 17.7 Å². The molecule has 2 aromatic rings. The lowest BCUT2D eigenvalue weighted by Gasteiger charge is -2.23. The molecular weight excluding hydrogens is 293 g/mol. The molecule has 0 aliphatic rings. The number of hydrogen-bond acceptors (Lipinski definition) is 3. The minimum Gasteiger partial charge on any atom is -0.399 e. The van der Waals surface area contributed by atoms with Crippen LogP contribution in [0.2, 0.25) is 5.02 Å². The zero-order valence-corrected chi connectivity index (χ0v) is 12.2. The van der Waals surface area contributed by atoms with E-state index in [1.807, 2.05) is 0 Å². The van der Waals surface area contributed by atoms with E-state index < -0.39 is 5.91 Å². The third-order valence-corrected chi connectivity index (χ3v) is 3.35. The molecule has 0 atom stereocenters. The van der Waals surface area contributed by atoms with Gasteiger partial charge in [-0.1, -0.05) is 23.7 Å². The molecule has 0 aliphatic carbocycles. The number of nitrogen functional groups attached to an aromatic ring is 1. The predicted octanol–water partition coefficient (Wildman–Crippen LogP) is 2.80. The fourth-order valence-electron chi connectivity index (χ4n) is 2.14. The van der Waals surface area contributed by atoms with Crippen molar-refractivity contribution in [3.63, 3.8) is 0 Å². The second-order valence-corrected chi connectivity index (χ2v) is 5.15. The SMILES string of the molecule is CN(Cc1ccc(F)cc1)c1c(Cl)cc(N)cc1C(N)=O. The maximum absolute atomic E-state index is 12.9. The first-order valence-corrected chi connectivity index (χ1v) is 6.60. The summed E-state index contributed by atoms with van der Waals surface area (Å²) in [5.41, 5.74) is 13.1. The number of carbonyl (C=O) groups excluding carboxylic acids is 1. The van der Waals surface area contributed by atoms with Gasteiger partial charge in [-0.3, -0.25) is 4.79 Å². The number of primary amides is 1. The maximum Gasteiger partial charge on any atom is 0.250 e. The topological polar surface area (TPSA) is 72.3 Å². The van der Waals surface area contributed by atoms with Crippen molar-refractivity contribution in [3.05, 3.63) is 58.4 Å². The predicted molar refractivity (Wildman–Crippen MR) is 82.9 cm³/mol. The summed E-state index contributed by atoms with van der Waals surface area (Å²) < 4.78 is 12.9. The largest absolute Gasteiger partial charge is 0.399 e. The molecule has 0 saturated carbocycles. The summed E-state index contributed by atoms with van der Waals surface area (Å²) in [4.78, 5) is 13.3. The highest BCUT2D eigenvalue weighted by molar-refractivity contribution is 6.34. The third kappa shape index (κ3) is 3.44. The van der Waals surface area contributed by atoms with Crippen LogP contribution in [-0.4, -0.2) is 13.0 Å². The standard InChI is InChI=1S/C15H15ClFN3O/c1-20(8-9-2-4-10(17)5-3-9)14-12(15(19)21)6-11(18)7-13(14)16/h2-7H,8,18H2,1H3,(H2,19,21). The molecule has 0 radical (unpaired) electrons. The van der Waals surface area contributed by atoms with Gasteiger partial charge in [0.2, 0.25) is 0 Å². The van der Waals surface area contributed by atoms with Crippen LogP contribution in [0.1, 0.15) is 15.9 Å². The van der Waals surface area contributed by atoms with Crippen molar-refractivity contribution in [2.45, 2.75) is 6.54 Å². The van der Waals surface area contributed by atoms with Crippen LogP contribution in [0, 0.1) is 5.82 Å². The maximum atomic E-state index is 12.9. The van der Waals surface area contributed by atoms with Crippen LogP contribution in [0.5, 0.6) is 0 Å².